The number of nitrogens with two attached hydrogens (primary N) is 1. The highest BCUT2D eigenvalue weighted by atomic mass is 79.9. The topological polar surface area (TPSA) is 41.3 Å². The van der Waals surface area contributed by atoms with Gasteiger partial charge in [-0.05, 0) is 31.0 Å². The van der Waals surface area contributed by atoms with Gasteiger partial charge in [0.15, 0.2) is 0 Å². The van der Waals surface area contributed by atoms with Crippen LogP contribution in [0.25, 0.3) is 0 Å². The second-order valence-corrected chi connectivity index (χ2v) is 5.54. The van der Waals surface area contributed by atoms with Crippen LogP contribution >= 0.6 is 15.9 Å². The Morgan fingerprint density at radius 2 is 2.06 bits per heavy atom. The van der Waals surface area contributed by atoms with E-state index in [1.807, 2.05) is 0 Å². The minimum atomic E-state index is 0.382. The number of hydrogen-bond acceptors (Lipinski definition) is 3. The Morgan fingerprint density at radius 1 is 1.38 bits per heavy atom. The molecular weight excluding hydrogens is 266 g/mol. The van der Waals surface area contributed by atoms with E-state index in [2.05, 4.69) is 58.4 Å². The van der Waals surface area contributed by atoms with Crippen molar-refractivity contribution >= 4 is 27.3 Å². The smallest absolute Gasteiger partial charge is 0.0597 e. The molecule has 4 heteroatoms. The lowest BCUT2D eigenvalue weighted by Gasteiger charge is -2.35. The van der Waals surface area contributed by atoms with E-state index in [9.17, 15) is 0 Å². The average molecular weight is 284 g/mol. The monoisotopic (exact) mass is 283 g/mol. The maximum Gasteiger partial charge on any atom is 0.0597 e. The molecule has 0 bridgehead atoms. The van der Waals surface area contributed by atoms with Crippen molar-refractivity contribution in [2.24, 2.45) is 5.73 Å². The first-order chi connectivity index (χ1) is 7.56. The van der Waals surface area contributed by atoms with Crippen LogP contribution in [0.1, 0.15) is 12.8 Å². The quantitative estimate of drug-likeness (QED) is 0.895. The third kappa shape index (κ3) is 2.50. The van der Waals surface area contributed by atoms with Crippen LogP contribution in [-0.4, -0.2) is 26.2 Å². The second-order valence-electron chi connectivity index (χ2n) is 4.63. The van der Waals surface area contributed by atoms with Gasteiger partial charge in [0.25, 0.3) is 0 Å². The summed E-state index contributed by atoms with van der Waals surface area (Å²) in [6, 6.07) is 7.22. The van der Waals surface area contributed by atoms with Gasteiger partial charge in [-0.1, -0.05) is 15.9 Å². The lowest BCUT2D eigenvalue weighted by molar-refractivity contribution is 0.374. The molecular formula is C12H18BrN3. The lowest BCUT2D eigenvalue weighted by Crippen LogP contribution is -2.44. The molecule has 3 N–H and O–H groups in total. The minimum absolute atomic E-state index is 0.382. The lowest BCUT2D eigenvalue weighted by atomic mass is 9.87. The van der Waals surface area contributed by atoms with Crippen LogP contribution < -0.4 is 16.0 Å². The van der Waals surface area contributed by atoms with Crippen molar-refractivity contribution in [2.75, 3.05) is 24.3 Å². The molecule has 0 spiro atoms. The van der Waals surface area contributed by atoms with Crippen LogP contribution in [0.2, 0.25) is 0 Å². The van der Waals surface area contributed by atoms with Crippen molar-refractivity contribution in [1.29, 1.82) is 0 Å². The van der Waals surface area contributed by atoms with Gasteiger partial charge in [0.05, 0.1) is 11.4 Å². The number of rotatable bonds is 3. The maximum absolute atomic E-state index is 5.79. The Labute approximate surface area is 105 Å². The zero-order valence-electron chi connectivity index (χ0n) is 9.70. The van der Waals surface area contributed by atoms with Crippen molar-refractivity contribution in [1.82, 2.24) is 0 Å². The van der Waals surface area contributed by atoms with Crippen molar-refractivity contribution in [3.63, 3.8) is 0 Å². The highest BCUT2D eigenvalue weighted by Crippen LogP contribution is 2.31. The molecule has 1 aromatic rings. The van der Waals surface area contributed by atoms with E-state index >= 15 is 0 Å². The Bertz CT molecular complexity index is 373. The number of nitrogens with one attached hydrogen (secondary N) is 1. The SMILES string of the molecule is CN(C)c1ccc(Br)cc1NC1CC(N)C1. The van der Waals surface area contributed by atoms with E-state index < -0.39 is 0 Å². The number of hydrogen-bond donors (Lipinski definition) is 2. The van der Waals surface area contributed by atoms with Crippen LogP contribution in [0, 0.1) is 0 Å². The van der Waals surface area contributed by atoms with Crippen LogP contribution in [0.15, 0.2) is 22.7 Å². The van der Waals surface area contributed by atoms with Crippen LogP contribution in [0.4, 0.5) is 11.4 Å². The summed E-state index contributed by atoms with van der Waals surface area (Å²) in [7, 11) is 4.11. The Balaban J connectivity index is 2.14. The largest absolute Gasteiger partial charge is 0.380 e. The van der Waals surface area contributed by atoms with Gasteiger partial charge in [-0.2, -0.15) is 0 Å². The molecule has 16 heavy (non-hydrogen) atoms. The van der Waals surface area contributed by atoms with Crippen molar-refractivity contribution in [3.05, 3.63) is 22.7 Å². The predicted octanol–water partition coefficient (Wildman–Crippen LogP) is 2.42. The molecule has 0 aromatic heterocycles. The standard InChI is InChI=1S/C12H18BrN3/c1-16(2)12-4-3-8(13)5-11(12)15-10-6-9(14)7-10/h3-5,9-10,15H,6-7,14H2,1-2H3. The fourth-order valence-corrected chi connectivity index (χ4v) is 2.37. The summed E-state index contributed by atoms with van der Waals surface area (Å²) in [5, 5.41) is 3.55. The Hall–Kier alpha value is -0.740. The number of nitrogens with zero attached hydrogens (tertiary/aromatic N) is 1. The average Bonchev–Trinajstić information content (AvgIpc) is 2.15. The molecule has 0 aliphatic heterocycles. The minimum Gasteiger partial charge on any atom is -0.380 e. The summed E-state index contributed by atoms with van der Waals surface area (Å²) in [4.78, 5) is 2.12. The van der Waals surface area contributed by atoms with Gasteiger partial charge in [-0.25, -0.2) is 0 Å². The van der Waals surface area contributed by atoms with Gasteiger partial charge in [0, 0.05) is 30.7 Å². The summed E-state index contributed by atoms with van der Waals surface area (Å²) in [6.07, 6.45) is 2.14. The maximum atomic E-state index is 5.79. The van der Waals surface area contributed by atoms with Crippen LogP contribution in [0.3, 0.4) is 0 Å². The van der Waals surface area contributed by atoms with Gasteiger partial charge in [0.2, 0.25) is 0 Å². The summed E-state index contributed by atoms with van der Waals surface area (Å²) in [5.74, 6) is 0. The van der Waals surface area contributed by atoms with E-state index in [1.165, 1.54) is 11.4 Å². The molecule has 0 unspecified atom stereocenters. The molecule has 1 aromatic carbocycles. The summed E-state index contributed by atoms with van der Waals surface area (Å²) < 4.78 is 1.10. The number of halogens is 1. The van der Waals surface area contributed by atoms with E-state index in [4.69, 9.17) is 5.73 Å². The van der Waals surface area contributed by atoms with E-state index in [1.54, 1.807) is 0 Å². The summed E-state index contributed by atoms with van der Waals surface area (Å²) in [6.45, 7) is 0. The van der Waals surface area contributed by atoms with Gasteiger partial charge >= 0.3 is 0 Å². The fourth-order valence-electron chi connectivity index (χ4n) is 2.01. The van der Waals surface area contributed by atoms with Gasteiger partial charge < -0.3 is 16.0 Å². The van der Waals surface area contributed by atoms with E-state index in [-0.39, 0.29) is 0 Å². The van der Waals surface area contributed by atoms with Crippen molar-refractivity contribution in [2.45, 2.75) is 24.9 Å². The van der Waals surface area contributed by atoms with E-state index in [0.29, 0.717) is 12.1 Å². The molecule has 1 aliphatic carbocycles. The summed E-state index contributed by atoms with van der Waals surface area (Å²) >= 11 is 3.50. The Kier molecular flexibility index (Phi) is 3.40. The van der Waals surface area contributed by atoms with Crippen molar-refractivity contribution in [3.8, 4) is 0 Å². The van der Waals surface area contributed by atoms with Gasteiger partial charge in [-0.15, -0.1) is 0 Å². The number of anilines is 2. The highest BCUT2D eigenvalue weighted by molar-refractivity contribution is 9.10. The van der Waals surface area contributed by atoms with Crippen molar-refractivity contribution < 1.29 is 0 Å². The van der Waals surface area contributed by atoms with Crippen LogP contribution in [0.5, 0.6) is 0 Å². The normalized spacial score (nSPS) is 23.8. The predicted molar refractivity (Wildman–Crippen MR) is 73.1 cm³/mol. The second kappa shape index (κ2) is 4.63. The van der Waals surface area contributed by atoms with Gasteiger partial charge in [0.1, 0.15) is 0 Å². The fraction of sp³-hybridized carbons (Fsp3) is 0.500. The van der Waals surface area contributed by atoms with E-state index in [0.717, 1.165) is 17.3 Å². The zero-order valence-corrected chi connectivity index (χ0v) is 11.3. The molecule has 2 rings (SSSR count). The molecule has 1 saturated carbocycles. The zero-order chi connectivity index (χ0) is 11.7. The molecule has 0 radical (unpaired) electrons. The molecule has 88 valence electrons. The van der Waals surface area contributed by atoms with Crippen LogP contribution in [-0.2, 0) is 0 Å². The third-order valence-corrected chi connectivity index (χ3v) is 3.47. The molecule has 0 amide bonds. The molecule has 1 fully saturated rings. The third-order valence-electron chi connectivity index (χ3n) is 2.97. The molecule has 1 aliphatic rings. The first-order valence-electron chi connectivity index (χ1n) is 5.55. The first kappa shape index (κ1) is 11.7. The molecule has 0 saturated heterocycles. The molecule has 0 atom stereocenters. The first-order valence-corrected chi connectivity index (χ1v) is 6.34. The molecule has 3 nitrogen and oxygen atoms in total. The summed E-state index contributed by atoms with van der Waals surface area (Å²) in [5.41, 5.74) is 8.18. The molecule has 0 heterocycles. The Morgan fingerprint density at radius 3 is 2.62 bits per heavy atom. The number of benzene rings is 1. The van der Waals surface area contributed by atoms with Gasteiger partial charge in [-0.3, -0.25) is 0 Å². The highest BCUT2D eigenvalue weighted by Gasteiger charge is 2.26.